The number of rotatable bonds is 5. The van der Waals surface area contributed by atoms with Crippen LogP contribution in [-0.2, 0) is 25.7 Å². The van der Waals surface area contributed by atoms with E-state index in [1.807, 2.05) is 30.3 Å². The normalized spacial score (nSPS) is 22.0. The molecule has 1 aromatic carbocycles. The third-order valence-electron chi connectivity index (χ3n) is 2.82. The van der Waals surface area contributed by atoms with Crippen LogP contribution in [0.1, 0.15) is 12.5 Å². The lowest BCUT2D eigenvalue weighted by Gasteiger charge is -2.39. The Balaban J connectivity index is 1.95. The van der Waals surface area contributed by atoms with Gasteiger partial charge in [0.15, 0.2) is 12.1 Å². The summed E-state index contributed by atoms with van der Waals surface area (Å²) in [4.78, 5) is 23.0. The van der Waals surface area contributed by atoms with E-state index in [1.165, 1.54) is 0 Å². The van der Waals surface area contributed by atoms with Gasteiger partial charge in [-0.25, -0.2) is 9.86 Å². The van der Waals surface area contributed by atoms with E-state index in [9.17, 15) is 14.8 Å². The Morgan fingerprint density at radius 1 is 1.37 bits per heavy atom. The van der Waals surface area contributed by atoms with E-state index in [0.717, 1.165) is 5.56 Å². The van der Waals surface area contributed by atoms with E-state index in [-0.39, 0.29) is 13.2 Å². The van der Waals surface area contributed by atoms with E-state index >= 15 is 0 Å². The lowest BCUT2D eigenvalue weighted by Crippen LogP contribution is -2.67. The second kappa shape index (κ2) is 5.81. The van der Waals surface area contributed by atoms with Crippen molar-refractivity contribution in [1.82, 2.24) is 5.06 Å². The number of β-lactam (4-membered cyclic amide) rings is 1. The molecule has 1 aliphatic rings. The molecule has 0 radical (unpaired) electrons. The van der Waals surface area contributed by atoms with Gasteiger partial charge >= 0.3 is 5.97 Å². The number of amides is 1. The van der Waals surface area contributed by atoms with Crippen LogP contribution in [0.5, 0.6) is 0 Å². The van der Waals surface area contributed by atoms with Gasteiger partial charge in [0.1, 0.15) is 0 Å². The van der Waals surface area contributed by atoms with Crippen molar-refractivity contribution in [2.45, 2.75) is 25.7 Å². The van der Waals surface area contributed by atoms with Crippen LogP contribution in [0, 0.1) is 0 Å². The summed E-state index contributed by atoms with van der Waals surface area (Å²) < 4.78 is 10.1. The Kier molecular flexibility index (Phi) is 4.13. The van der Waals surface area contributed by atoms with E-state index in [1.54, 1.807) is 6.92 Å². The molecule has 0 spiro atoms. The zero-order chi connectivity index (χ0) is 13.8. The van der Waals surface area contributed by atoms with E-state index < -0.39 is 24.0 Å². The maximum Gasteiger partial charge on any atom is 0.334 e. The molecule has 2 rings (SSSR count). The van der Waals surface area contributed by atoms with Crippen molar-refractivity contribution in [2.75, 3.05) is 6.61 Å². The van der Waals surface area contributed by atoms with Gasteiger partial charge in [-0.15, -0.1) is 0 Å². The number of carbonyl (C=O) groups excluding carboxylic acids is 2. The van der Waals surface area contributed by atoms with E-state index in [2.05, 4.69) is 0 Å². The van der Waals surface area contributed by atoms with Crippen molar-refractivity contribution in [3.8, 4) is 0 Å². The zero-order valence-electron chi connectivity index (χ0n) is 10.5. The molecule has 1 amide bonds. The van der Waals surface area contributed by atoms with Crippen molar-refractivity contribution < 1.29 is 24.3 Å². The van der Waals surface area contributed by atoms with Crippen LogP contribution in [0.25, 0.3) is 0 Å². The molecule has 19 heavy (non-hydrogen) atoms. The third kappa shape index (κ3) is 2.74. The molecule has 1 heterocycles. The molecule has 6 heteroatoms. The molecular weight excluding hydrogens is 250 g/mol. The summed E-state index contributed by atoms with van der Waals surface area (Å²) in [5, 5.41) is 9.70. The molecule has 0 bridgehead atoms. The second-order valence-corrected chi connectivity index (χ2v) is 4.10. The molecule has 1 aromatic rings. The van der Waals surface area contributed by atoms with Gasteiger partial charge in [-0.05, 0) is 12.5 Å². The Morgan fingerprint density at radius 3 is 2.68 bits per heavy atom. The minimum atomic E-state index is -1.07. The third-order valence-corrected chi connectivity index (χ3v) is 2.82. The van der Waals surface area contributed by atoms with Crippen molar-refractivity contribution in [3.05, 3.63) is 35.9 Å². The quantitative estimate of drug-likeness (QED) is 0.482. The summed E-state index contributed by atoms with van der Waals surface area (Å²) in [6.45, 7) is 2.03. The predicted octanol–water partition coefficient (Wildman–Crippen LogP) is 0.735. The first-order valence-corrected chi connectivity index (χ1v) is 5.99. The van der Waals surface area contributed by atoms with Gasteiger partial charge in [-0.3, -0.25) is 10.0 Å². The molecule has 0 aromatic heterocycles. The van der Waals surface area contributed by atoms with Gasteiger partial charge in [-0.1, -0.05) is 30.3 Å². The number of benzene rings is 1. The monoisotopic (exact) mass is 265 g/mol. The molecule has 1 saturated heterocycles. The molecule has 2 atom stereocenters. The van der Waals surface area contributed by atoms with Gasteiger partial charge in [-0.2, -0.15) is 0 Å². The van der Waals surface area contributed by atoms with Crippen LogP contribution in [0.15, 0.2) is 30.3 Å². The van der Waals surface area contributed by atoms with Gasteiger partial charge < -0.3 is 9.47 Å². The van der Waals surface area contributed by atoms with Gasteiger partial charge in [0.05, 0.1) is 13.2 Å². The number of hydroxylamine groups is 2. The fraction of sp³-hybridized carbons (Fsp3) is 0.385. The van der Waals surface area contributed by atoms with Gasteiger partial charge in [0.2, 0.25) is 0 Å². The predicted molar refractivity (Wildman–Crippen MR) is 64.1 cm³/mol. The largest absolute Gasteiger partial charge is 0.464 e. The number of nitrogens with zero attached hydrogens (tertiary/aromatic N) is 1. The lowest BCUT2D eigenvalue weighted by molar-refractivity contribution is -0.243. The zero-order valence-corrected chi connectivity index (χ0v) is 10.5. The van der Waals surface area contributed by atoms with E-state index in [0.29, 0.717) is 5.06 Å². The maximum atomic E-state index is 11.5. The molecule has 0 saturated carbocycles. The number of hydrogen-bond donors (Lipinski definition) is 1. The van der Waals surface area contributed by atoms with Crippen LogP contribution in [0.2, 0.25) is 0 Å². The summed E-state index contributed by atoms with van der Waals surface area (Å²) in [7, 11) is 0. The van der Waals surface area contributed by atoms with Crippen LogP contribution < -0.4 is 0 Å². The molecule has 102 valence electrons. The Bertz CT molecular complexity index is 461. The van der Waals surface area contributed by atoms with Crippen LogP contribution in [0.4, 0.5) is 0 Å². The Morgan fingerprint density at radius 2 is 2.05 bits per heavy atom. The Hall–Kier alpha value is -1.92. The molecule has 0 unspecified atom stereocenters. The average molecular weight is 265 g/mol. The summed E-state index contributed by atoms with van der Waals surface area (Å²) in [6.07, 6.45) is -0.982. The first kappa shape index (κ1) is 13.5. The van der Waals surface area contributed by atoms with Crippen molar-refractivity contribution in [2.24, 2.45) is 0 Å². The maximum absolute atomic E-state index is 11.5. The van der Waals surface area contributed by atoms with Crippen molar-refractivity contribution in [1.29, 1.82) is 0 Å². The molecule has 1 N–H and O–H groups in total. The minimum absolute atomic E-state index is 0.183. The van der Waals surface area contributed by atoms with Crippen LogP contribution in [-0.4, -0.2) is 40.9 Å². The van der Waals surface area contributed by atoms with Crippen LogP contribution in [0.3, 0.4) is 0 Å². The number of ether oxygens (including phenoxy) is 2. The highest BCUT2D eigenvalue weighted by Gasteiger charge is 2.53. The van der Waals surface area contributed by atoms with E-state index in [4.69, 9.17) is 9.47 Å². The SMILES string of the molecule is CCOC(=O)[C@@H]1[C@@H](OCc2ccccc2)C(=O)N1O. The minimum Gasteiger partial charge on any atom is -0.464 e. The summed E-state index contributed by atoms with van der Waals surface area (Å²) in [6, 6.07) is 8.19. The van der Waals surface area contributed by atoms with Crippen molar-refractivity contribution >= 4 is 11.9 Å². The first-order chi connectivity index (χ1) is 9.15. The lowest BCUT2D eigenvalue weighted by atomic mass is 10.0. The summed E-state index contributed by atoms with van der Waals surface area (Å²) in [5.74, 6) is -1.29. The molecular formula is C13H15NO5. The standard InChI is InChI=1S/C13H15NO5/c1-2-18-13(16)10-11(12(15)14(10)17)19-8-9-6-4-3-5-7-9/h3-7,10-11,17H,2,8H2,1H3/t10-,11+/m0/s1. The highest BCUT2D eigenvalue weighted by atomic mass is 16.6. The summed E-state index contributed by atoms with van der Waals surface area (Å²) >= 11 is 0. The van der Waals surface area contributed by atoms with Crippen LogP contribution >= 0.6 is 0 Å². The summed E-state index contributed by atoms with van der Waals surface area (Å²) in [5.41, 5.74) is 0.884. The van der Waals surface area contributed by atoms with Gasteiger partial charge in [0, 0.05) is 0 Å². The molecule has 1 fully saturated rings. The highest BCUT2D eigenvalue weighted by molar-refractivity contribution is 5.98. The second-order valence-electron chi connectivity index (χ2n) is 4.10. The van der Waals surface area contributed by atoms with Crippen molar-refractivity contribution in [3.63, 3.8) is 0 Å². The smallest absolute Gasteiger partial charge is 0.334 e. The first-order valence-electron chi connectivity index (χ1n) is 5.99. The number of esters is 1. The van der Waals surface area contributed by atoms with Gasteiger partial charge in [0.25, 0.3) is 5.91 Å². The fourth-order valence-corrected chi connectivity index (χ4v) is 1.82. The molecule has 6 nitrogen and oxygen atoms in total. The molecule has 0 aliphatic carbocycles. The number of carbonyl (C=O) groups is 2. The topological polar surface area (TPSA) is 76.1 Å². The highest BCUT2D eigenvalue weighted by Crippen LogP contribution is 2.23. The fourth-order valence-electron chi connectivity index (χ4n) is 1.82. The number of hydrogen-bond acceptors (Lipinski definition) is 5. The Labute approximate surface area is 110 Å². The molecule has 1 aliphatic heterocycles. The average Bonchev–Trinajstić information content (AvgIpc) is 2.43.